The third-order valence-corrected chi connectivity index (χ3v) is 2.54. The highest BCUT2D eigenvalue weighted by atomic mass is 16.5. The van der Waals surface area contributed by atoms with Gasteiger partial charge in [0, 0.05) is 6.20 Å². The molecule has 0 radical (unpaired) electrons. The number of nitriles is 3. The lowest BCUT2D eigenvalue weighted by atomic mass is 10.1. The number of ether oxygens (including phenoxy) is 1. The van der Waals surface area contributed by atoms with E-state index >= 15 is 0 Å². The van der Waals surface area contributed by atoms with Crippen LogP contribution in [-0.4, -0.2) is 4.98 Å². The van der Waals surface area contributed by atoms with Gasteiger partial charge in [0.05, 0.1) is 0 Å². The Hall–Kier alpha value is -3.62. The molecule has 0 atom stereocenters. The number of nitrogens with zero attached hydrogens (tertiary/aromatic N) is 4. The first-order chi connectivity index (χ1) is 10.3. The second-order valence-electron chi connectivity index (χ2n) is 3.92. The molecule has 0 saturated heterocycles. The highest BCUT2D eigenvalue weighted by Crippen LogP contribution is 2.23. The molecule has 0 aliphatic heterocycles. The monoisotopic (exact) mass is 272 g/mol. The van der Waals surface area contributed by atoms with Crippen LogP contribution in [0.15, 0.2) is 48.2 Å². The lowest BCUT2D eigenvalue weighted by molar-refractivity contribution is 0.461. The van der Waals surface area contributed by atoms with E-state index < -0.39 is 0 Å². The van der Waals surface area contributed by atoms with Crippen LogP contribution in [0.1, 0.15) is 11.1 Å². The first-order valence-corrected chi connectivity index (χ1v) is 5.91. The lowest BCUT2D eigenvalue weighted by Crippen LogP contribution is -1.91. The Morgan fingerprint density at radius 2 is 1.76 bits per heavy atom. The van der Waals surface area contributed by atoms with Crippen molar-refractivity contribution in [2.75, 3.05) is 0 Å². The van der Waals surface area contributed by atoms with Crippen molar-refractivity contribution in [2.24, 2.45) is 0 Å². The summed E-state index contributed by atoms with van der Waals surface area (Å²) >= 11 is 0. The van der Waals surface area contributed by atoms with E-state index in [1.165, 1.54) is 6.08 Å². The molecular formula is C16H8N4O. The smallest absolute Gasteiger partial charge is 0.237 e. The van der Waals surface area contributed by atoms with Crippen LogP contribution in [0, 0.1) is 34.0 Å². The zero-order valence-electron chi connectivity index (χ0n) is 10.8. The molecule has 1 aromatic heterocycles. The summed E-state index contributed by atoms with van der Waals surface area (Å²) < 4.78 is 5.53. The van der Waals surface area contributed by atoms with Gasteiger partial charge in [0.1, 0.15) is 35.1 Å². The van der Waals surface area contributed by atoms with Crippen molar-refractivity contribution in [3.05, 3.63) is 59.3 Å². The molecule has 0 spiro atoms. The van der Waals surface area contributed by atoms with Crippen molar-refractivity contribution < 1.29 is 4.74 Å². The fourth-order valence-corrected chi connectivity index (χ4v) is 1.56. The Morgan fingerprint density at radius 1 is 1.05 bits per heavy atom. The Balaban J connectivity index is 2.22. The Bertz CT molecular complexity index is 786. The molecule has 0 aliphatic rings. The van der Waals surface area contributed by atoms with Gasteiger partial charge in [-0.15, -0.1) is 0 Å². The minimum atomic E-state index is 0.0279. The van der Waals surface area contributed by atoms with Crippen LogP contribution in [-0.2, 0) is 0 Å². The van der Waals surface area contributed by atoms with E-state index in [4.69, 9.17) is 20.5 Å². The van der Waals surface area contributed by atoms with Crippen molar-refractivity contribution in [2.45, 2.75) is 0 Å². The molecule has 98 valence electrons. The fourth-order valence-electron chi connectivity index (χ4n) is 1.56. The van der Waals surface area contributed by atoms with Gasteiger partial charge in [0.25, 0.3) is 0 Å². The van der Waals surface area contributed by atoms with Crippen LogP contribution in [0.4, 0.5) is 0 Å². The van der Waals surface area contributed by atoms with E-state index in [9.17, 15) is 0 Å². The van der Waals surface area contributed by atoms with E-state index in [1.54, 1.807) is 54.7 Å². The van der Waals surface area contributed by atoms with Crippen molar-refractivity contribution in [1.29, 1.82) is 15.8 Å². The zero-order chi connectivity index (χ0) is 15.1. The maximum absolute atomic E-state index is 8.95. The van der Waals surface area contributed by atoms with E-state index in [0.717, 1.165) is 0 Å². The van der Waals surface area contributed by atoms with Gasteiger partial charge in [-0.1, -0.05) is 12.1 Å². The van der Waals surface area contributed by atoms with Gasteiger partial charge in [0.15, 0.2) is 0 Å². The van der Waals surface area contributed by atoms with Crippen molar-refractivity contribution >= 4 is 6.08 Å². The molecule has 0 saturated carbocycles. The average molecular weight is 272 g/mol. The maximum atomic E-state index is 8.95. The number of benzene rings is 1. The second-order valence-corrected chi connectivity index (χ2v) is 3.92. The Labute approximate surface area is 121 Å². The number of pyridine rings is 1. The van der Waals surface area contributed by atoms with Crippen LogP contribution in [0.5, 0.6) is 11.6 Å². The van der Waals surface area contributed by atoms with Crippen molar-refractivity contribution in [3.63, 3.8) is 0 Å². The molecule has 5 nitrogen and oxygen atoms in total. The quantitative estimate of drug-likeness (QED) is 0.800. The van der Waals surface area contributed by atoms with Crippen LogP contribution in [0.25, 0.3) is 6.08 Å². The third kappa shape index (κ3) is 3.44. The molecule has 1 heterocycles. The third-order valence-electron chi connectivity index (χ3n) is 2.54. The first-order valence-electron chi connectivity index (χ1n) is 5.91. The SMILES string of the molecule is N#CC(C#N)=Cc1ccc(Oc2ncccc2C#N)cc1. The molecular weight excluding hydrogens is 264 g/mol. The van der Waals surface area contributed by atoms with E-state index in [2.05, 4.69) is 4.98 Å². The molecule has 5 heteroatoms. The number of rotatable bonds is 3. The van der Waals surface area contributed by atoms with Crippen molar-refractivity contribution in [1.82, 2.24) is 4.98 Å². The lowest BCUT2D eigenvalue weighted by Gasteiger charge is -2.05. The van der Waals surface area contributed by atoms with Crippen LogP contribution < -0.4 is 4.74 Å². The first kappa shape index (κ1) is 13.8. The molecule has 0 bridgehead atoms. The summed E-state index contributed by atoms with van der Waals surface area (Å²) in [6, 6.07) is 15.6. The number of aromatic nitrogens is 1. The Morgan fingerprint density at radius 3 is 2.38 bits per heavy atom. The molecule has 1 aromatic carbocycles. The second kappa shape index (κ2) is 6.52. The van der Waals surface area contributed by atoms with Gasteiger partial charge >= 0.3 is 0 Å². The molecule has 0 aliphatic carbocycles. The van der Waals surface area contributed by atoms with Gasteiger partial charge < -0.3 is 4.74 Å². The molecule has 0 unspecified atom stereocenters. The summed E-state index contributed by atoms with van der Waals surface area (Å²) in [7, 11) is 0. The number of allylic oxidation sites excluding steroid dienone is 1. The van der Waals surface area contributed by atoms with Gasteiger partial charge in [-0.3, -0.25) is 0 Å². The van der Waals surface area contributed by atoms with Gasteiger partial charge in [-0.2, -0.15) is 15.8 Å². The molecule has 0 fully saturated rings. The fraction of sp³-hybridized carbons (Fsp3) is 0. The molecule has 2 aromatic rings. The van der Waals surface area contributed by atoms with Crippen molar-refractivity contribution in [3.8, 4) is 29.8 Å². The van der Waals surface area contributed by atoms with Gasteiger partial charge in [-0.25, -0.2) is 4.98 Å². The summed E-state index contributed by atoms with van der Waals surface area (Å²) in [5, 5.41) is 26.3. The number of hydrogen-bond donors (Lipinski definition) is 0. The number of hydrogen-bond acceptors (Lipinski definition) is 5. The standard InChI is InChI=1S/C16H8N4O/c17-9-13(10-18)8-12-3-5-15(6-4-12)21-16-14(11-19)2-1-7-20-16/h1-8H. The molecule has 0 N–H and O–H groups in total. The minimum Gasteiger partial charge on any atom is -0.438 e. The topological polar surface area (TPSA) is 93.5 Å². The van der Waals surface area contributed by atoms with Crippen LogP contribution in [0.2, 0.25) is 0 Å². The van der Waals surface area contributed by atoms with E-state index in [0.29, 0.717) is 16.9 Å². The highest BCUT2D eigenvalue weighted by Gasteiger charge is 2.05. The van der Waals surface area contributed by atoms with Crippen LogP contribution >= 0.6 is 0 Å². The molecule has 0 amide bonds. The summed E-state index contributed by atoms with van der Waals surface area (Å²) in [5.74, 6) is 0.746. The predicted octanol–water partition coefficient (Wildman–Crippen LogP) is 3.18. The van der Waals surface area contributed by atoms with Gasteiger partial charge in [-0.05, 0) is 35.9 Å². The predicted molar refractivity (Wildman–Crippen MR) is 74.7 cm³/mol. The molecule has 2 rings (SSSR count). The zero-order valence-corrected chi connectivity index (χ0v) is 10.8. The molecule has 21 heavy (non-hydrogen) atoms. The minimum absolute atomic E-state index is 0.0279. The summed E-state index contributed by atoms with van der Waals surface area (Å²) in [6.45, 7) is 0. The summed E-state index contributed by atoms with van der Waals surface area (Å²) in [6.07, 6.45) is 3.02. The van der Waals surface area contributed by atoms with Gasteiger partial charge in [0.2, 0.25) is 5.88 Å². The normalized spacial score (nSPS) is 8.81. The van der Waals surface area contributed by atoms with E-state index in [-0.39, 0.29) is 11.5 Å². The maximum Gasteiger partial charge on any atom is 0.237 e. The largest absolute Gasteiger partial charge is 0.438 e. The average Bonchev–Trinajstić information content (AvgIpc) is 2.54. The summed E-state index contributed by atoms with van der Waals surface area (Å²) in [4.78, 5) is 4.00. The Kier molecular flexibility index (Phi) is 4.28. The van der Waals surface area contributed by atoms with Crippen LogP contribution in [0.3, 0.4) is 0 Å². The summed E-state index contributed by atoms with van der Waals surface area (Å²) in [5.41, 5.74) is 1.08. The highest BCUT2D eigenvalue weighted by molar-refractivity contribution is 5.62. The van der Waals surface area contributed by atoms with E-state index in [1.807, 2.05) is 6.07 Å².